The second kappa shape index (κ2) is 15.9. The van der Waals surface area contributed by atoms with Gasteiger partial charge in [-0.15, -0.1) is 0 Å². The average molecular weight is 356 g/mol. The van der Waals surface area contributed by atoms with E-state index in [0.717, 1.165) is 12.5 Å². The molecule has 0 radical (unpaired) electrons. The van der Waals surface area contributed by atoms with Gasteiger partial charge in [-0.25, -0.2) is 0 Å². The van der Waals surface area contributed by atoms with Gasteiger partial charge in [-0.1, -0.05) is 101 Å². The van der Waals surface area contributed by atoms with E-state index < -0.39 is 12.0 Å². The molecule has 1 nitrogen and oxygen atoms in total. The van der Waals surface area contributed by atoms with Crippen LogP contribution in [0.25, 0.3) is 0 Å². The van der Waals surface area contributed by atoms with Gasteiger partial charge in [0.1, 0.15) is 0 Å². The van der Waals surface area contributed by atoms with Gasteiger partial charge in [0.05, 0.1) is 0 Å². The summed E-state index contributed by atoms with van der Waals surface area (Å²) in [5, 5.41) is 0. The minimum atomic E-state index is -4.79. The summed E-state index contributed by atoms with van der Waals surface area (Å²) in [4.78, 5) is 10.6. The molecule has 0 aliphatic rings. The third-order valence-corrected chi connectivity index (χ3v) is 3.69. The van der Waals surface area contributed by atoms with E-state index in [-0.39, 0.29) is 0 Å². The Morgan fingerprint density at radius 2 is 1.20 bits per heavy atom. The second-order valence-corrected chi connectivity index (χ2v) is 6.04. The van der Waals surface area contributed by atoms with Gasteiger partial charge in [0.2, 0.25) is 0 Å². The molecule has 0 heterocycles. The van der Waals surface area contributed by atoms with Crippen molar-refractivity contribution in [1.82, 2.24) is 0 Å². The Morgan fingerprint density at radius 1 is 0.720 bits per heavy atom. The first kappa shape index (κ1) is 23.4. The van der Waals surface area contributed by atoms with Crippen LogP contribution in [0.3, 0.4) is 0 Å². The largest absolute Gasteiger partial charge is 0.454 e. The predicted molar refractivity (Wildman–Crippen MR) is 99.5 cm³/mol. The zero-order valence-electron chi connectivity index (χ0n) is 15.2. The summed E-state index contributed by atoms with van der Waals surface area (Å²) < 4.78 is 35.7. The van der Waals surface area contributed by atoms with Crippen LogP contribution in [0, 0.1) is 0 Å². The molecule has 0 aromatic carbocycles. The Morgan fingerprint density at radius 3 is 1.76 bits per heavy atom. The van der Waals surface area contributed by atoms with Crippen molar-refractivity contribution in [3.05, 3.63) is 48.6 Å². The van der Waals surface area contributed by atoms with E-state index in [0.29, 0.717) is 6.08 Å². The molecule has 0 saturated heterocycles. The first-order valence-corrected chi connectivity index (χ1v) is 9.26. The zero-order chi connectivity index (χ0) is 18.8. The minimum absolute atomic E-state index is 0.518. The second-order valence-electron chi connectivity index (χ2n) is 6.04. The molecular formula is C21H31F3O. The number of alkyl halides is 3. The Balaban J connectivity index is 3.56. The predicted octanol–water partition coefficient (Wildman–Crippen LogP) is 7.26. The molecule has 142 valence electrons. The van der Waals surface area contributed by atoms with E-state index in [2.05, 4.69) is 13.0 Å². The van der Waals surface area contributed by atoms with E-state index >= 15 is 0 Å². The van der Waals surface area contributed by atoms with Gasteiger partial charge in [-0.2, -0.15) is 13.2 Å². The monoisotopic (exact) mass is 356 g/mol. The quantitative estimate of drug-likeness (QED) is 0.182. The molecule has 0 unspecified atom stereocenters. The first-order chi connectivity index (χ1) is 12.0. The smallest absolute Gasteiger partial charge is 0.285 e. The molecule has 25 heavy (non-hydrogen) atoms. The fourth-order valence-electron chi connectivity index (χ4n) is 2.24. The maximum absolute atomic E-state index is 11.9. The number of carbonyl (C=O) groups excluding carboxylic acids is 1. The molecular weight excluding hydrogens is 325 g/mol. The number of hydrogen-bond acceptors (Lipinski definition) is 1. The molecule has 0 fully saturated rings. The average Bonchev–Trinajstić information content (AvgIpc) is 2.56. The molecule has 0 saturated carbocycles. The fraction of sp³-hybridized carbons (Fsp3) is 0.571. The maximum Gasteiger partial charge on any atom is 0.454 e. The van der Waals surface area contributed by atoms with Crippen LogP contribution in [0.2, 0.25) is 0 Å². The van der Waals surface area contributed by atoms with E-state index in [9.17, 15) is 18.0 Å². The van der Waals surface area contributed by atoms with Crippen molar-refractivity contribution < 1.29 is 18.0 Å². The lowest BCUT2D eigenvalue weighted by Gasteiger charge is -2.00. The molecule has 0 aromatic rings. The van der Waals surface area contributed by atoms with Crippen LogP contribution < -0.4 is 0 Å². The molecule has 0 amide bonds. The summed E-state index contributed by atoms with van der Waals surface area (Å²) in [7, 11) is 0. The molecule has 0 rings (SSSR count). The molecule has 0 atom stereocenters. The van der Waals surface area contributed by atoms with Crippen LogP contribution in [0.1, 0.15) is 71.1 Å². The van der Waals surface area contributed by atoms with E-state index in [1.165, 1.54) is 63.9 Å². The van der Waals surface area contributed by atoms with Gasteiger partial charge in [0.15, 0.2) is 0 Å². The third-order valence-electron chi connectivity index (χ3n) is 3.69. The summed E-state index contributed by atoms with van der Waals surface area (Å²) in [6, 6.07) is 0. The summed E-state index contributed by atoms with van der Waals surface area (Å²) in [5.41, 5.74) is 0. The lowest BCUT2D eigenvalue weighted by molar-refractivity contribution is -0.165. The van der Waals surface area contributed by atoms with Crippen LogP contribution in [-0.4, -0.2) is 12.0 Å². The van der Waals surface area contributed by atoms with Crippen LogP contribution in [0.5, 0.6) is 0 Å². The van der Waals surface area contributed by atoms with Gasteiger partial charge in [0.25, 0.3) is 5.78 Å². The fourth-order valence-corrected chi connectivity index (χ4v) is 2.24. The summed E-state index contributed by atoms with van der Waals surface area (Å²) in [5.74, 6) is -1.85. The Hall–Kier alpha value is -1.58. The number of halogens is 3. The summed E-state index contributed by atoms with van der Waals surface area (Å²) >= 11 is 0. The minimum Gasteiger partial charge on any atom is -0.285 e. The van der Waals surface area contributed by atoms with Gasteiger partial charge in [-0.3, -0.25) is 4.79 Å². The van der Waals surface area contributed by atoms with Crippen molar-refractivity contribution in [2.24, 2.45) is 0 Å². The highest BCUT2D eigenvalue weighted by Crippen LogP contribution is 2.16. The zero-order valence-corrected chi connectivity index (χ0v) is 15.2. The van der Waals surface area contributed by atoms with Gasteiger partial charge < -0.3 is 0 Å². The SMILES string of the molecule is CCCCCCCCCCCC=CC=CC=CC=CC(=O)C(F)(F)F. The number of allylic oxidation sites excluding steroid dienone is 8. The standard InChI is InChI=1S/C21H31F3O/c1-2-3-4-5-6-7-8-9-10-11-12-13-14-15-16-17-18-19-20(25)21(22,23)24/h12-19H,2-11H2,1H3. The molecule has 0 N–H and O–H groups in total. The molecule has 0 aromatic heterocycles. The first-order valence-electron chi connectivity index (χ1n) is 9.26. The Bertz CT molecular complexity index is 443. The number of ketones is 1. The number of unbranched alkanes of at least 4 members (excludes halogenated alkanes) is 9. The van der Waals surface area contributed by atoms with E-state index in [1.54, 1.807) is 12.2 Å². The van der Waals surface area contributed by atoms with Crippen LogP contribution in [-0.2, 0) is 4.79 Å². The molecule has 4 heteroatoms. The lowest BCUT2D eigenvalue weighted by atomic mass is 10.1. The van der Waals surface area contributed by atoms with E-state index in [1.807, 2.05) is 12.2 Å². The third kappa shape index (κ3) is 17.0. The Labute approximate surface area is 150 Å². The van der Waals surface area contributed by atoms with Gasteiger partial charge >= 0.3 is 6.18 Å². The van der Waals surface area contributed by atoms with Crippen molar-refractivity contribution in [3.63, 3.8) is 0 Å². The van der Waals surface area contributed by atoms with Gasteiger partial charge in [0, 0.05) is 0 Å². The van der Waals surface area contributed by atoms with Gasteiger partial charge in [-0.05, 0) is 18.9 Å². The van der Waals surface area contributed by atoms with Crippen molar-refractivity contribution in [1.29, 1.82) is 0 Å². The van der Waals surface area contributed by atoms with Crippen LogP contribution in [0.15, 0.2) is 48.6 Å². The van der Waals surface area contributed by atoms with Crippen molar-refractivity contribution in [2.45, 2.75) is 77.3 Å². The van der Waals surface area contributed by atoms with Crippen molar-refractivity contribution >= 4 is 5.78 Å². The van der Waals surface area contributed by atoms with Crippen LogP contribution in [0.4, 0.5) is 13.2 Å². The topological polar surface area (TPSA) is 17.1 Å². The highest BCUT2D eigenvalue weighted by atomic mass is 19.4. The van der Waals surface area contributed by atoms with E-state index in [4.69, 9.17) is 0 Å². The number of hydrogen-bond donors (Lipinski definition) is 0. The molecule has 0 spiro atoms. The van der Waals surface area contributed by atoms with Crippen molar-refractivity contribution in [2.75, 3.05) is 0 Å². The molecule has 0 aliphatic carbocycles. The molecule has 0 bridgehead atoms. The molecule has 0 aliphatic heterocycles. The highest BCUT2D eigenvalue weighted by Gasteiger charge is 2.35. The van der Waals surface area contributed by atoms with Crippen LogP contribution >= 0.6 is 0 Å². The maximum atomic E-state index is 11.9. The summed E-state index contributed by atoms with van der Waals surface area (Å²) in [6.45, 7) is 2.23. The normalized spacial score (nSPS) is 13.1. The number of carbonyl (C=O) groups is 1. The Kier molecular flexibility index (Phi) is 14.9. The number of rotatable bonds is 14. The van der Waals surface area contributed by atoms with Crippen molar-refractivity contribution in [3.8, 4) is 0 Å². The summed E-state index contributed by atoms with van der Waals surface area (Å²) in [6.07, 6.45) is 20.2. The lowest BCUT2D eigenvalue weighted by Crippen LogP contribution is -2.19. The highest BCUT2D eigenvalue weighted by molar-refractivity contribution is 5.94.